The molecule has 7 heteroatoms. The molecule has 1 N–H and O–H groups in total. The van der Waals surface area contributed by atoms with Crippen LogP contribution in [0, 0.1) is 5.92 Å². The molecule has 7 nitrogen and oxygen atoms in total. The molecule has 0 radical (unpaired) electrons. The first kappa shape index (κ1) is 19.5. The molecule has 0 atom stereocenters. The number of hydrogen-bond donors (Lipinski definition) is 1. The van der Waals surface area contributed by atoms with Crippen molar-refractivity contribution < 1.29 is 9.53 Å². The first-order chi connectivity index (χ1) is 14.2. The molecule has 154 valence electrons. The molecule has 2 fully saturated rings. The fourth-order valence-corrected chi connectivity index (χ4v) is 4.13. The van der Waals surface area contributed by atoms with Gasteiger partial charge in [-0.05, 0) is 31.7 Å². The lowest BCUT2D eigenvalue weighted by Gasteiger charge is -2.32. The number of carbonyl (C=O) groups is 1. The Kier molecular flexibility index (Phi) is 6.12. The molecule has 0 bridgehead atoms. The Morgan fingerprint density at radius 1 is 1.07 bits per heavy atom. The number of anilines is 2. The van der Waals surface area contributed by atoms with Gasteiger partial charge in [-0.3, -0.25) is 4.79 Å². The SMILES string of the molecule is COc1ccccc1CNC(=O)C1CCN(c2cnc(N3CCCC3)nc2)CC1. The number of piperidine rings is 1. The summed E-state index contributed by atoms with van der Waals surface area (Å²) >= 11 is 0. The Hall–Kier alpha value is -2.83. The van der Waals surface area contributed by atoms with E-state index in [9.17, 15) is 4.79 Å². The monoisotopic (exact) mass is 395 g/mol. The number of methoxy groups -OCH3 is 1. The van der Waals surface area contributed by atoms with Gasteiger partial charge in [0.2, 0.25) is 11.9 Å². The van der Waals surface area contributed by atoms with Crippen LogP contribution in [-0.2, 0) is 11.3 Å². The van der Waals surface area contributed by atoms with Gasteiger partial charge in [0.05, 0.1) is 25.2 Å². The minimum atomic E-state index is 0.0470. The number of para-hydroxylation sites is 1. The second-order valence-electron chi connectivity index (χ2n) is 7.73. The van der Waals surface area contributed by atoms with E-state index in [1.807, 2.05) is 36.7 Å². The van der Waals surface area contributed by atoms with Gasteiger partial charge in [0.15, 0.2) is 0 Å². The van der Waals surface area contributed by atoms with Gasteiger partial charge in [-0.25, -0.2) is 9.97 Å². The highest BCUT2D eigenvalue weighted by molar-refractivity contribution is 5.79. The standard InChI is InChI=1S/C22H29N5O2/c1-29-20-7-3-2-6-18(20)14-23-21(28)17-8-12-26(13-9-17)19-15-24-22(25-16-19)27-10-4-5-11-27/h2-3,6-7,15-17H,4-5,8-14H2,1H3,(H,23,28). The van der Waals surface area contributed by atoms with Gasteiger partial charge in [-0.2, -0.15) is 0 Å². The van der Waals surface area contributed by atoms with Crippen molar-refractivity contribution in [3.63, 3.8) is 0 Å². The Bertz CT molecular complexity index is 812. The number of hydrogen-bond acceptors (Lipinski definition) is 6. The summed E-state index contributed by atoms with van der Waals surface area (Å²) in [5.41, 5.74) is 2.04. The summed E-state index contributed by atoms with van der Waals surface area (Å²) < 4.78 is 5.35. The topological polar surface area (TPSA) is 70.6 Å². The van der Waals surface area contributed by atoms with Gasteiger partial charge in [-0.15, -0.1) is 0 Å². The van der Waals surface area contributed by atoms with Crippen molar-refractivity contribution in [3.05, 3.63) is 42.2 Å². The third-order valence-electron chi connectivity index (χ3n) is 5.89. The minimum absolute atomic E-state index is 0.0470. The van der Waals surface area contributed by atoms with Crippen LogP contribution in [0.4, 0.5) is 11.6 Å². The lowest BCUT2D eigenvalue weighted by Crippen LogP contribution is -2.40. The van der Waals surface area contributed by atoms with Crippen LogP contribution in [0.5, 0.6) is 5.75 Å². The predicted molar refractivity (Wildman–Crippen MR) is 113 cm³/mol. The number of nitrogens with zero attached hydrogens (tertiary/aromatic N) is 4. The zero-order valence-electron chi connectivity index (χ0n) is 17.0. The van der Waals surface area contributed by atoms with Crippen LogP contribution in [0.2, 0.25) is 0 Å². The third kappa shape index (κ3) is 4.60. The van der Waals surface area contributed by atoms with Crippen molar-refractivity contribution >= 4 is 17.5 Å². The van der Waals surface area contributed by atoms with E-state index in [-0.39, 0.29) is 11.8 Å². The molecule has 1 amide bonds. The summed E-state index contributed by atoms with van der Waals surface area (Å²) in [6, 6.07) is 7.78. The van der Waals surface area contributed by atoms with Crippen LogP contribution in [0.1, 0.15) is 31.2 Å². The highest BCUT2D eigenvalue weighted by Crippen LogP contribution is 2.24. The zero-order valence-corrected chi connectivity index (χ0v) is 17.0. The van der Waals surface area contributed by atoms with Gasteiger partial charge in [0, 0.05) is 44.2 Å². The molecular formula is C22H29N5O2. The number of rotatable bonds is 6. The normalized spacial score (nSPS) is 17.4. The fourth-order valence-electron chi connectivity index (χ4n) is 4.13. The van der Waals surface area contributed by atoms with Crippen molar-refractivity contribution in [3.8, 4) is 5.75 Å². The fraction of sp³-hybridized carbons (Fsp3) is 0.500. The van der Waals surface area contributed by atoms with Gasteiger partial charge in [0.25, 0.3) is 0 Å². The number of carbonyl (C=O) groups excluding carboxylic acids is 1. The van der Waals surface area contributed by atoms with E-state index in [1.165, 1.54) is 12.8 Å². The summed E-state index contributed by atoms with van der Waals surface area (Å²) in [4.78, 5) is 26.2. The summed E-state index contributed by atoms with van der Waals surface area (Å²) in [7, 11) is 1.65. The van der Waals surface area contributed by atoms with Crippen LogP contribution in [0.15, 0.2) is 36.7 Å². The second-order valence-corrected chi connectivity index (χ2v) is 7.73. The van der Waals surface area contributed by atoms with Crippen molar-refractivity contribution in [2.24, 2.45) is 5.92 Å². The highest BCUT2D eigenvalue weighted by atomic mass is 16.5. The molecular weight excluding hydrogens is 366 g/mol. The molecule has 0 aliphatic carbocycles. The van der Waals surface area contributed by atoms with Crippen LogP contribution in [-0.4, -0.2) is 49.2 Å². The van der Waals surface area contributed by atoms with Gasteiger partial charge in [0.1, 0.15) is 5.75 Å². The van der Waals surface area contributed by atoms with E-state index in [2.05, 4.69) is 25.1 Å². The van der Waals surface area contributed by atoms with Crippen LogP contribution < -0.4 is 19.9 Å². The van der Waals surface area contributed by atoms with Crippen LogP contribution >= 0.6 is 0 Å². The maximum atomic E-state index is 12.6. The van der Waals surface area contributed by atoms with Gasteiger partial charge >= 0.3 is 0 Å². The first-order valence-corrected chi connectivity index (χ1v) is 10.5. The molecule has 2 aliphatic heterocycles. The smallest absolute Gasteiger partial charge is 0.225 e. The summed E-state index contributed by atoms with van der Waals surface area (Å²) in [5.74, 6) is 1.80. The zero-order chi connectivity index (χ0) is 20.1. The largest absolute Gasteiger partial charge is 0.496 e. The van der Waals surface area contributed by atoms with Crippen molar-refractivity contribution in [2.45, 2.75) is 32.2 Å². The van der Waals surface area contributed by atoms with Crippen molar-refractivity contribution in [1.29, 1.82) is 0 Å². The molecule has 1 aromatic carbocycles. The molecule has 2 aliphatic rings. The van der Waals surface area contributed by atoms with E-state index in [0.29, 0.717) is 6.54 Å². The summed E-state index contributed by atoms with van der Waals surface area (Å²) in [6.07, 6.45) is 7.96. The predicted octanol–water partition coefficient (Wildman–Crippen LogP) is 2.62. The maximum Gasteiger partial charge on any atom is 0.225 e. The first-order valence-electron chi connectivity index (χ1n) is 10.5. The Labute approximate surface area is 172 Å². The number of nitrogens with one attached hydrogen (secondary N) is 1. The second kappa shape index (κ2) is 9.11. The van der Waals surface area contributed by atoms with E-state index >= 15 is 0 Å². The molecule has 3 heterocycles. The molecule has 1 aromatic heterocycles. The van der Waals surface area contributed by atoms with Gasteiger partial charge < -0.3 is 19.9 Å². The van der Waals surface area contributed by atoms with Gasteiger partial charge in [-0.1, -0.05) is 18.2 Å². The molecule has 29 heavy (non-hydrogen) atoms. The molecule has 2 aromatic rings. The van der Waals surface area contributed by atoms with E-state index in [0.717, 1.165) is 62.0 Å². The Morgan fingerprint density at radius 2 is 1.76 bits per heavy atom. The molecule has 0 unspecified atom stereocenters. The summed E-state index contributed by atoms with van der Waals surface area (Å²) in [5, 5.41) is 3.07. The lowest BCUT2D eigenvalue weighted by molar-refractivity contribution is -0.125. The average Bonchev–Trinajstić information content (AvgIpc) is 3.33. The lowest BCUT2D eigenvalue weighted by atomic mass is 9.95. The molecule has 0 spiro atoms. The average molecular weight is 396 g/mol. The number of benzene rings is 1. The third-order valence-corrected chi connectivity index (χ3v) is 5.89. The number of amides is 1. The van der Waals surface area contributed by atoms with E-state index < -0.39 is 0 Å². The Morgan fingerprint density at radius 3 is 2.45 bits per heavy atom. The van der Waals surface area contributed by atoms with Crippen LogP contribution in [0.25, 0.3) is 0 Å². The molecule has 4 rings (SSSR count). The van der Waals surface area contributed by atoms with E-state index in [4.69, 9.17) is 4.74 Å². The number of ether oxygens (including phenoxy) is 1. The maximum absolute atomic E-state index is 12.6. The van der Waals surface area contributed by atoms with Crippen molar-refractivity contribution in [1.82, 2.24) is 15.3 Å². The highest BCUT2D eigenvalue weighted by Gasteiger charge is 2.25. The Balaban J connectivity index is 1.27. The minimum Gasteiger partial charge on any atom is -0.496 e. The number of aromatic nitrogens is 2. The quantitative estimate of drug-likeness (QED) is 0.811. The summed E-state index contributed by atoms with van der Waals surface area (Å²) in [6.45, 7) is 4.29. The molecule has 2 saturated heterocycles. The molecule has 0 saturated carbocycles. The van der Waals surface area contributed by atoms with Crippen LogP contribution in [0.3, 0.4) is 0 Å². The van der Waals surface area contributed by atoms with Crippen molar-refractivity contribution in [2.75, 3.05) is 43.1 Å². The van der Waals surface area contributed by atoms with E-state index in [1.54, 1.807) is 7.11 Å².